The summed E-state index contributed by atoms with van der Waals surface area (Å²) in [6.45, 7) is 4.08. The Morgan fingerprint density at radius 2 is 1.77 bits per heavy atom. The van der Waals surface area contributed by atoms with Crippen molar-refractivity contribution in [1.29, 1.82) is 0 Å². The van der Waals surface area contributed by atoms with E-state index in [1.54, 1.807) is 6.07 Å². The molecule has 6 heteroatoms. The van der Waals surface area contributed by atoms with Gasteiger partial charge in [0.05, 0.1) is 5.56 Å². The van der Waals surface area contributed by atoms with Gasteiger partial charge in [0.2, 0.25) is 0 Å². The van der Waals surface area contributed by atoms with Crippen LogP contribution < -0.4 is 20.3 Å². The smallest absolute Gasteiger partial charge is 0.262 e. The first-order valence-electron chi connectivity index (χ1n) is 10.8. The molecule has 0 radical (unpaired) electrons. The van der Waals surface area contributed by atoms with Crippen molar-refractivity contribution in [2.45, 2.75) is 38.6 Å². The lowest BCUT2D eigenvalue weighted by atomic mass is 9.97. The molecule has 158 valence electrons. The Labute approximate surface area is 177 Å². The first-order chi connectivity index (χ1) is 14.6. The van der Waals surface area contributed by atoms with Crippen LogP contribution in [0.3, 0.4) is 0 Å². The third-order valence-corrected chi connectivity index (χ3v) is 5.67. The molecule has 2 fully saturated rings. The summed E-state index contributed by atoms with van der Waals surface area (Å²) in [5.74, 6) is 1.04. The van der Waals surface area contributed by atoms with Crippen molar-refractivity contribution >= 4 is 23.2 Å². The fourth-order valence-electron chi connectivity index (χ4n) is 3.67. The molecule has 0 spiro atoms. The van der Waals surface area contributed by atoms with E-state index in [0.29, 0.717) is 22.9 Å². The number of ether oxygens (including phenoxy) is 1. The molecule has 1 aliphatic carbocycles. The van der Waals surface area contributed by atoms with Gasteiger partial charge in [-0.25, -0.2) is 0 Å². The summed E-state index contributed by atoms with van der Waals surface area (Å²) >= 11 is 0. The molecule has 2 aromatic carbocycles. The Morgan fingerprint density at radius 1 is 1.03 bits per heavy atom. The highest BCUT2D eigenvalue weighted by atomic mass is 16.5. The fraction of sp³-hybridized carbons (Fsp3) is 0.417. The van der Waals surface area contributed by atoms with E-state index < -0.39 is 0 Å². The summed E-state index contributed by atoms with van der Waals surface area (Å²) in [4.78, 5) is 27.5. The first kappa shape index (κ1) is 20.3. The molecule has 0 unspecified atom stereocenters. The van der Waals surface area contributed by atoms with E-state index in [2.05, 4.69) is 22.5 Å². The molecule has 30 heavy (non-hydrogen) atoms. The molecule has 0 aromatic heterocycles. The highest BCUT2D eigenvalue weighted by Crippen LogP contribution is 2.30. The Kier molecular flexibility index (Phi) is 6.21. The number of rotatable bonds is 7. The third-order valence-electron chi connectivity index (χ3n) is 5.67. The van der Waals surface area contributed by atoms with Gasteiger partial charge in [-0.1, -0.05) is 25.1 Å². The number of para-hydroxylation sites is 1. The van der Waals surface area contributed by atoms with E-state index in [0.717, 1.165) is 44.5 Å². The average Bonchev–Trinajstić information content (AvgIpc) is 3.58. The lowest BCUT2D eigenvalue weighted by Gasteiger charge is -2.33. The van der Waals surface area contributed by atoms with Crippen LogP contribution >= 0.6 is 0 Å². The SMILES string of the molecule is CC1CCN(c2ccc(NC(=O)COc3ccccc3)cc2C(=O)NC2CC2)CC1. The Morgan fingerprint density at radius 3 is 2.47 bits per heavy atom. The van der Waals surface area contributed by atoms with Gasteiger partial charge in [0, 0.05) is 30.5 Å². The van der Waals surface area contributed by atoms with Gasteiger partial charge in [0.25, 0.3) is 11.8 Å². The summed E-state index contributed by atoms with van der Waals surface area (Å²) in [5, 5.41) is 5.93. The number of piperidine rings is 1. The third kappa shape index (κ3) is 5.32. The maximum absolute atomic E-state index is 12.9. The van der Waals surface area contributed by atoms with Crippen LogP contribution in [0.5, 0.6) is 5.75 Å². The molecule has 2 aliphatic rings. The van der Waals surface area contributed by atoms with Crippen molar-refractivity contribution in [1.82, 2.24) is 5.32 Å². The zero-order valence-corrected chi connectivity index (χ0v) is 17.4. The Balaban J connectivity index is 1.46. The molecule has 4 rings (SSSR count). The molecule has 2 amide bonds. The van der Waals surface area contributed by atoms with Gasteiger partial charge in [-0.2, -0.15) is 0 Å². The van der Waals surface area contributed by atoms with Crippen LogP contribution in [0.25, 0.3) is 0 Å². The maximum Gasteiger partial charge on any atom is 0.262 e. The van der Waals surface area contributed by atoms with Gasteiger partial charge in [-0.15, -0.1) is 0 Å². The van der Waals surface area contributed by atoms with Crippen LogP contribution in [0.15, 0.2) is 48.5 Å². The average molecular weight is 408 g/mol. The number of nitrogens with one attached hydrogen (secondary N) is 2. The summed E-state index contributed by atoms with van der Waals surface area (Å²) in [6.07, 6.45) is 4.32. The Bertz CT molecular complexity index is 888. The number of benzene rings is 2. The molecular formula is C24H29N3O3. The van der Waals surface area contributed by atoms with Gasteiger partial charge >= 0.3 is 0 Å². The number of amides is 2. The normalized spacial score (nSPS) is 16.8. The summed E-state index contributed by atoms with van der Waals surface area (Å²) < 4.78 is 5.51. The molecule has 0 atom stereocenters. The van der Waals surface area contributed by atoms with E-state index >= 15 is 0 Å². The number of nitrogens with zero attached hydrogens (tertiary/aromatic N) is 1. The zero-order chi connectivity index (χ0) is 20.9. The van der Waals surface area contributed by atoms with E-state index in [4.69, 9.17) is 4.74 Å². The molecular weight excluding hydrogens is 378 g/mol. The maximum atomic E-state index is 12.9. The van der Waals surface area contributed by atoms with Crippen molar-refractivity contribution in [2.24, 2.45) is 5.92 Å². The lowest BCUT2D eigenvalue weighted by molar-refractivity contribution is -0.118. The number of anilines is 2. The summed E-state index contributed by atoms with van der Waals surface area (Å²) in [5.41, 5.74) is 2.17. The van der Waals surface area contributed by atoms with Crippen LogP contribution in [0.1, 0.15) is 43.0 Å². The lowest BCUT2D eigenvalue weighted by Crippen LogP contribution is -2.35. The van der Waals surface area contributed by atoms with Crippen molar-refractivity contribution in [2.75, 3.05) is 29.9 Å². The minimum atomic E-state index is -0.257. The second-order valence-corrected chi connectivity index (χ2v) is 8.30. The van der Waals surface area contributed by atoms with E-state index in [1.807, 2.05) is 42.5 Å². The van der Waals surface area contributed by atoms with Crippen molar-refractivity contribution in [3.8, 4) is 5.75 Å². The van der Waals surface area contributed by atoms with Crippen LogP contribution in [-0.2, 0) is 4.79 Å². The molecule has 1 saturated heterocycles. The van der Waals surface area contributed by atoms with Crippen molar-refractivity contribution in [3.63, 3.8) is 0 Å². The molecule has 6 nitrogen and oxygen atoms in total. The molecule has 2 aromatic rings. The van der Waals surface area contributed by atoms with E-state index in [1.165, 1.54) is 0 Å². The molecule has 2 N–H and O–H groups in total. The number of carbonyl (C=O) groups excluding carboxylic acids is 2. The topological polar surface area (TPSA) is 70.7 Å². The highest BCUT2D eigenvalue weighted by molar-refractivity contribution is 6.02. The van der Waals surface area contributed by atoms with E-state index in [-0.39, 0.29) is 24.5 Å². The standard InChI is InChI=1S/C24H29N3O3/c1-17-11-13-27(14-12-17)22-10-9-19(15-21(22)24(29)26-18-7-8-18)25-23(28)16-30-20-5-3-2-4-6-20/h2-6,9-10,15,17-18H,7-8,11-14,16H2,1H3,(H,25,28)(H,26,29). The first-order valence-corrected chi connectivity index (χ1v) is 10.8. The van der Waals surface area contributed by atoms with Crippen LogP contribution in [0, 0.1) is 5.92 Å². The number of hydrogen-bond donors (Lipinski definition) is 2. The highest BCUT2D eigenvalue weighted by Gasteiger charge is 2.27. The molecule has 1 heterocycles. The van der Waals surface area contributed by atoms with Crippen LogP contribution in [0.4, 0.5) is 11.4 Å². The quantitative estimate of drug-likeness (QED) is 0.732. The largest absolute Gasteiger partial charge is 0.484 e. The molecule has 1 saturated carbocycles. The van der Waals surface area contributed by atoms with Crippen LogP contribution in [0.2, 0.25) is 0 Å². The molecule has 0 bridgehead atoms. The minimum Gasteiger partial charge on any atom is -0.484 e. The second kappa shape index (κ2) is 9.20. The fourth-order valence-corrected chi connectivity index (χ4v) is 3.67. The predicted octanol–water partition coefficient (Wildman–Crippen LogP) is 3.83. The van der Waals surface area contributed by atoms with Gasteiger partial charge in [-0.3, -0.25) is 9.59 Å². The van der Waals surface area contributed by atoms with Gasteiger partial charge in [0.15, 0.2) is 6.61 Å². The van der Waals surface area contributed by atoms with Crippen molar-refractivity contribution in [3.05, 3.63) is 54.1 Å². The summed E-state index contributed by atoms with van der Waals surface area (Å²) in [6, 6.07) is 15.1. The Hall–Kier alpha value is -3.02. The van der Waals surface area contributed by atoms with Gasteiger partial charge in [0.1, 0.15) is 5.75 Å². The number of carbonyl (C=O) groups is 2. The van der Waals surface area contributed by atoms with Gasteiger partial charge in [-0.05, 0) is 61.9 Å². The van der Waals surface area contributed by atoms with Crippen LogP contribution in [-0.4, -0.2) is 37.6 Å². The number of hydrogen-bond acceptors (Lipinski definition) is 4. The predicted molar refractivity (Wildman–Crippen MR) is 118 cm³/mol. The molecule has 1 aliphatic heterocycles. The zero-order valence-electron chi connectivity index (χ0n) is 17.4. The monoisotopic (exact) mass is 407 g/mol. The summed E-state index contributed by atoms with van der Waals surface area (Å²) in [7, 11) is 0. The van der Waals surface area contributed by atoms with Gasteiger partial charge < -0.3 is 20.3 Å². The van der Waals surface area contributed by atoms with E-state index in [9.17, 15) is 9.59 Å². The second-order valence-electron chi connectivity index (χ2n) is 8.30. The minimum absolute atomic E-state index is 0.0669. The van der Waals surface area contributed by atoms with Crippen molar-refractivity contribution < 1.29 is 14.3 Å².